The third-order valence-corrected chi connectivity index (χ3v) is 5.70. The van der Waals surface area contributed by atoms with Gasteiger partial charge in [0.2, 0.25) is 0 Å². The summed E-state index contributed by atoms with van der Waals surface area (Å²) in [6.07, 6.45) is 4.95. The van der Waals surface area contributed by atoms with E-state index < -0.39 is 9.84 Å². The molecule has 4 nitrogen and oxygen atoms in total. The van der Waals surface area contributed by atoms with E-state index in [9.17, 15) is 8.42 Å². The third kappa shape index (κ3) is 7.60. The Morgan fingerprint density at radius 2 is 1.90 bits per heavy atom. The summed E-state index contributed by atoms with van der Waals surface area (Å²) in [4.78, 5) is 2.33. The summed E-state index contributed by atoms with van der Waals surface area (Å²) in [5, 5.41) is 3.46. The Kier molecular flexibility index (Phi) is 8.07. The summed E-state index contributed by atoms with van der Waals surface area (Å²) in [5.74, 6) is 1.41. The molecule has 0 radical (unpaired) electrons. The largest absolute Gasteiger partial charge is 0.316 e. The van der Waals surface area contributed by atoms with Crippen molar-refractivity contribution >= 4 is 9.84 Å². The zero-order valence-electron chi connectivity index (χ0n) is 13.4. The van der Waals surface area contributed by atoms with E-state index in [1.807, 2.05) is 6.92 Å². The first kappa shape index (κ1) is 17.9. The predicted molar refractivity (Wildman–Crippen MR) is 85.9 cm³/mol. The van der Waals surface area contributed by atoms with Gasteiger partial charge in [0.25, 0.3) is 0 Å². The van der Waals surface area contributed by atoms with Crippen LogP contribution in [-0.4, -0.2) is 57.0 Å². The number of nitrogens with one attached hydrogen (secondary N) is 1. The van der Waals surface area contributed by atoms with E-state index in [1.54, 1.807) is 0 Å². The minimum Gasteiger partial charge on any atom is -0.316 e. The fourth-order valence-corrected chi connectivity index (χ4v) is 4.30. The van der Waals surface area contributed by atoms with Gasteiger partial charge in [0.05, 0.1) is 11.5 Å². The van der Waals surface area contributed by atoms with Crippen molar-refractivity contribution in [3.8, 4) is 0 Å². The van der Waals surface area contributed by atoms with Gasteiger partial charge < -0.3 is 5.32 Å². The Morgan fingerprint density at radius 1 is 1.20 bits per heavy atom. The van der Waals surface area contributed by atoms with Gasteiger partial charge in [-0.15, -0.1) is 0 Å². The molecule has 5 heteroatoms. The maximum absolute atomic E-state index is 11.5. The standard InChI is InChI=1S/C15H32N2O2S/c1-14(2)12-16-8-6-4-5-7-9-17-10-11-20(18,19)13-15(17)3/h14-16H,4-13H2,1-3H3. The Morgan fingerprint density at radius 3 is 2.55 bits per heavy atom. The van der Waals surface area contributed by atoms with Gasteiger partial charge in [-0.25, -0.2) is 8.42 Å². The first-order valence-electron chi connectivity index (χ1n) is 8.06. The quantitative estimate of drug-likeness (QED) is 0.661. The summed E-state index contributed by atoms with van der Waals surface area (Å²) in [5.41, 5.74) is 0. The van der Waals surface area contributed by atoms with Crippen LogP contribution in [0.4, 0.5) is 0 Å². The van der Waals surface area contributed by atoms with E-state index in [0.29, 0.717) is 11.5 Å². The van der Waals surface area contributed by atoms with Gasteiger partial charge in [-0.2, -0.15) is 0 Å². The lowest BCUT2D eigenvalue weighted by Crippen LogP contribution is -2.47. The lowest BCUT2D eigenvalue weighted by molar-refractivity contribution is 0.221. The highest BCUT2D eigenvalue weighted by atomic mass is 32.2. The van der Waals surface area contributed by atoms with Crippen LogP contribution in [0.3, 0.4) is 0 Å². The molecule has 0 bridgehead atoms. The van der Waals surface area contributed by atoms with E-state index >= 15 is 0 Å². The molecule has 120 valence electrons. The van der Waals surface area contributed by atoms with Crippen molar-refractivity contribution in [1.82, 2.24) is 10.2 Å². The number of unbranched alkanes of at least 4 members (excludes halogenated alkanes) is 3. The fraction of sp³-hybridized carbons (Fsp3) is 1.00. The normalized spacial score (nSPS) is 23.3. The summed E-state index contributed by atoms with van der Waals surface area (Å²) in [7, 11) is -2.77. The number of rotatable bonds is 9. The number of sulfone groups is 1. The average Bonchev–Trinajstić information content (AvgIpc) is 2.33. The summed E-state index contributed by atoms with van der Waals surface area (Å²) in [6, 6.07) is 0.196. The minimum absolute atomic E-state index is 0.196. The molecule has 1 fully saturated rings. The van der Waals surface area contributed by atoms with Crippen LogP contribution in [0.2, 0.25) is 0 Å². The van der Waals surface area contributed by atoms with E-state index in [0.717, 1.165) is 32.1 Å². The highest BCUT2D eigenvalue weighted by Crippen LogP contribution is 2.12. The maximum atomic E-state index is 11.5. The molecule has 20 heavy (non-hydrogen) atoms. The van der Waals surface area contributed by atoms with Crippen molar-refractivity contribution in [1.29, 1.82) is 0 Å². The Hall–Kier alpha value is -0.130. The van der Waals surface area contributed by atoms with Gasteiger partial charge in [-0.05, 0) is 45.3 Å². The van der Waals surface area contributed by atoms with E-state index in [1.165, 1.54) is 25.7 Å². The van der Waals surface area contributed by atoms with Crippen LogP contribution >= 0.6 is 0 Å². The van der Waals surface area contributed by atoms with Crippen LogP contribution in [0.25, 0.3) is 0 Å². The molecule has 0 aromatic carbocycles. The molecule has 0 saturated carbocycles. The van der Waals surface area contributed by atoms with Crippen LogP contribution < -0.4 is 5.32 Å². The number of nitrogens with zero attached hydrogens (tertiary/aromatic N) is 1. The van der Waals surface area contributed by atoms with Crippen molar-refractivity contribution in [2.75, 3.05) is 37.7 Å². The number of hydrogen-bond acceptors (Lipinski definition) is 4. The first-order chi connectivity index (χ1) is 9.41. The molecule has 1 saturated heterocycles. The molecule has 0 aliphatic carbocycles. The van der Waals surface area contributed by atoms with Crippen LogP contribution in [0.15, 0.2) is 0 Å². The highest BCUT2D eigenvalue weighted by molar-refractivity contribution is 7.91. The molecule has 1 aliphatic rings. The van der Waals surface area contributed by atoms with Crippen molar-refractivity contribution in [2.45, 2.75) is 52.5 Å². The van der Waals surface area contributed by atoms with Gasteiger partial charge >= 0.3 is 0 Å². The topological polar surface area (TPSA) is 49.4 Å². The van der Waals surface area contributed by atoms with Crippen LogP contribution in [0.1, 0.15) is 46.5 Å². The molecule has 1 N–H and O–H groups in total. The molecule has 0 spiro atoms. The molecular formula is C15H32N2O2S. The Bertz CT molecular complexity index is 355. The van der Waals surface area contributed by atoms with Crippen molar-refractivity contribution < 1.29 is 8.42 Å². The average molecular weight is 304 g/mol. The first-order valence-corrected chi connectivity index (χ1v) is 9.88. The van der Waals surface area contributed by atoms with Gasteiger partial charge in [0.1, 0.15) is 0 Å². The molecule has 0 aromatic rings. The lowest BCUT2D eigenvalue weighted by Gasteiger charge is -2.33. The minimum atomic E-state index is -2.77. The van der Waals surface area contributed by atoms with Crippen molar-refractivity contribution in [3.63, 3.8) is 0 Å². The Balaban J connectivity index is 1.99. The summed E-state index contributed by atoms with van der Waals surface area (Å²) < 4.78 is 23.0. The second-order valence-corrected chi connectivity index (χ2v) is 8.74. The lowest BCUT2D eigenvalue weighted by atomic mass is 10.1. The van der Waals surface area contributed by atoms with E-state index in [4.69, 9.17) is 0 Å². The van der Waals surface area contributed by atoms with E-state index in [-0.39, 0.29) is 6.04 Å². The monoisotopic (exact) mass is 304 g/mol. The molecule has 1 atom stereocenters. The Labute approximate surface area is 125 Å². The summed E-state index contributed by atoms with van der Waals surface area (Å²) >= 11 is 0. The van der Waals surface area contributed by atoms with Gasteiger partial charge in [-0.3, -0.25) is 4.90 Å². The van der Waals surface area contributed by atoms with E-state index in [2.05, 4.69) is 24.1 Å². The zero-order chi connectivity index (χ0) is 15.0. The second-order valence-electron chi connectivity index (χ2n) is 6.51. The summed E-state index contributed by atoms with van der Waals surface area (Å²) in [6.45, 7) is 10.5. The van der Waals surface area contributed by atoms with Gasteiger partial charge in [0.15, 0.2) is 9.84 Å². The molecule has 1 rings (SSSR count). The van der Waals surface area contributed by atoms with Crippen molar-refractivity contribution in [3.05, 3.63) is 0 Å². The second kappa shape index (κ2) is 9.00. The fourth-order valence-electron chi connectivity index (χ4n) is 2.67. The maximum Gasteiger partial charge on any atom is 0.153 e. The molecule has 0 amide bonds. The molecular weight excluding hydrogens is 272 g/mol. The molecule has 1 aliphatic heterocycles. The van der Waals surface area contributed by atoms with Gasteiger partial charge in [-0.1, -0.05) is 26.7 Å². The highest BCUT2D eigenvalue weighted by Gasteiger charge is 2.27. The van der Waals surface area contributed by atoms with Crippen LogP contribution in [-0.2, 0) is 9.84 Å². The zero-order valence-corrected chi connectivity index (χ0v) is 14.2. The molecule has 0 aromatic heterocycles. The molecule has 1 unspecified atom stereocenters. The third-order valence-electron chi connectivity index (χ3n) is 3.91. The van der Waals surface area contributed by atoms with Crippen molar-refractivity contribution in [2.24, 2.45) is 5.92 Å². The SMILES string of the molecule is CC(C)CNCCCCCCN1CCS(=O)(=O)CC1C. The predicted octanol–water partition coefficient (Wildman–Crippen LogP) is 1.91. The molecule has 1 heterocycles. The smallest absolute Gasteiger partial charge is 0.153 e. The van der Waals surface area contributed by atoms with Gasteiger partial charge in [0, 0.05) is 12.6 Å². The van der Waals surface area contributed by atoms with Crippen LogP contribution in [0, 0.1) is 5.92 Å². The van der Waals surface area contributed by atoms with Crippen LogP contribution in [0.5, 0.6) is 0 Å². The number of hydrogen-bond donors (Lipinski definition) is 1.